The third kappa shape index (κ3) is 3.46. The zero-order valence-corrected chi connectivity index (χ0v) is 10.5. The van der Waals surface area contributed by atoms with Crippen LogP contribution in [0.3, 0.4) is 0 Å². The average Bonchev–Trinajstić information content (AvgIpc) is 2.35. The summed E-state index contributed by atoms with van der Waals surface area (Å²) in [6, 6.07) is 12.4. The smallest absolute Gasteiger partial charge is 0.152 e. The van der Waals surface area contributed by atoms with E-state index in [4.69, 9.17) is 11.6 Å². The molecule has 1 aromatic heterocycles. The SMILES string of the molecule is Cc1cnc(Cl)c(NCCc2ccccc2)c1. The van der Waals surface area contributed by atoms with Gasteiger partial charge >= 0.3 is 0 Å². The minimum absolute atomic E-state index is 0.531. The van der Waals surface area contributed by atoms with E-state index < -0.39 is 0 Å². The van der Waals surface area contributed by atoms with Gasteiger partial charge in [-0.2, -0.15) is 0 Å². The molecular weight excluding hydrogens is 232 g/mol. The molecule has 17 heavy (non-hydrogen) atoms. The summed E-state index contributed by atoms with van der Waals surface area (Å²) in [5.41, 5.74) is 3.33. The van der Waals surface area contributed by atoms with Gasteiger partial charge in [0.2, 0.25) is 0 Å². The number of aromatic nitrogens is 1. The lowest BCUT2D eigenvalue weighted by Crippen LogP contribution is -2.05. The Morgan fingerprint density at radius 3 is 2.76 bits per heavy atom. The van der Waals surface area contributed by atoms with Crippen molar-refractivity contribution in [3.8, 4) is 0 Å². The second-order valence-corrected chi connectivity index (χ2v) is 4.37. The van der Waals surface area contributed by atoms with E-state index in [1.54, 1.807) is 6.20 Å². The van der Waals surface area contributed by atoms with Crippen molar-refractivity contribution >= 4 is 17.3 Å². The van der Waals surface area contributed by atoms with Crippen LogP contribution in [0.15, 0.2) is 42.6 Å². The van der Waals surface area contributed by atoms with Crippen molar-refractivity contribution in [1.29, 1.82) is 0 Å². The van der Waals surface area contributed by atoms with Crippen LogP contribution in [0.4, 0.5) is 5.69 Å². The van der Waals surface area contributed by atoms with Crippen molar-refractivity contribution < 1.29 is 0 Å². The van der Waals surface area contributed by atoms with Crippen molar-refractivity contribution in [3.63, 3.8) is 0 Å². The van der Waals surface area contributed by atoms with Gasteiger partial charge in [0.05, 0.1) is 5.69 Å². The van der Waals surface area contributed by atoms with Gasteiger partial charge in [-0.05, 0) is 30.5 Å². The minimum atomic E-state index is 0.531. The summed E-state index contributed by atoms with van der Waals surface area (Å²) in [5, 5.41) is 3.84. The van der Waals surface area contributed by atoms with Crippen LogP contribution in [0.1, 0.15) is 11.1 Å². The van der Waals surface area contributed by atoms with E-state index in [9.17, 15) is 0 Å². The third-order valence-electron chi connectivity index (χ3n) is 2.55. The fourth-order valence-corrected chi connectivity index (χ4v) is 1.83. The molecule has 3 heteroatoms. The minimum Gasteiger partial charge on any atom is -0.382 e. The molecule has 0 unspecified atom stereocenters. The van der Waals surface area contributed by atoms with E-state index in [2.05, 4.69) is 34.6 Å². The Kier molecular flexibility index (Phi) is 3.99. The van der Waals surface area contributed by atoms with Crippen LogP contribution in [0.2, 0.25) is 5.15 Å². The summed E-state index contributed by atoms with van der Waals surface area (Å²) in [4.78, 5) is 4.11. The molecule has 0 spiro atoms. The summed E-state index contributed by atoms with van der Waals surface area (Å²) < 4.78 is 0. The Morgan fingerprint density at radius 1 is 1.24 bits per heavy atom. The zero-order valence-electron chi connectivity index (χ0n) is 9.78. The number of hydrogen-bond acceptors (Lipinski definition) is 2. The Morgan fingerprint density at radius 2 is 2.00 bits per heavy atom. The van der Waals surface area contributed by atoms with Gasteiger partial charge in [-0.25, -0.2) is 4.98 Å². The van der Waals surface area contributed by atoms with Crippen LogP contribution in [-0.2, 0) is 6.42 Å². The molecule has 0 fully saturated rings. The van der Waals surface area contributed by atoms with Crippen LogP contribution in [0.25, 0.3) is 0 Å². The van der Waals surface area contributed by atoms with Gasteiger partial charge in [0.1, 0.15) is 0 Å². The molecule has 0 aliphatic carbocycles. The van der Waals surface area contributed by atoms with E-state index in [1.165, 1.54) is 5.56 Å². The van der Waals surface area contributed by atoms with E-state index in [0.29, 0.717) is 5.15 Å². The van der Waals surface area contributed by atoms with Crippen LogP contribution >= 0.6 is 11.6 Å². The molecule has 2 nitrogen and oxygen atoms in total. The van der Waals surface area contributed by atoms with Gasteiger partial charge < -0.3 is 5.32 Å². The highest BCUT2D eigenvalue weighted by Gasteiger charge is 2.00. The first-order chi connectivity index (χ1) is 8.25. The lowest BCUT2D eigenvalue weighted by atomic mass is 10.1. The number of pyridine rings is 1. The first-order valence-electron chi connectivity index (χ1n) is 5.65. The normalized spacial score (nSPS) is 10.2. The molecule has 0 atom stereocenters. The molecule has 1 N–H and O–H groups in total. The van der Waals surface area contributed by atoms with Gasteiger partial charge in [0.25, 0.3) is 0 Å². The number of anilines is 1. The second-order valence-electron chi connectivity index (χ2n) is 4.01. The van der Waals surface area contributed by atoms with Crippen molar-refractivity contribution in [1.82, 2.24) is 4.98 Å². The molecule has 0 bridgehead atoms. The van der Waals surface area contributed by atoms with Crippen molar-refractivity contribution in [2.24, 2.45) is 0 Å². The molecule has 2 aromatic rings. The molecule has 0 amide bonds. The van der Waals surface area contributed by atoms with Crippen molar-refractivity contribution in [3.05, 3.63) is 58.9 Å². The van der Waals surface area contributed by atoms with Crippen LogP contribution < -0.4 is 5.32 Å². The first kappa shape index (κ1) is 11.9. The molecule has 0 radical (unpaired) electrons. The molecule has 0 aliphatic rings. The van der Waals surface area contributed by atoms with Gasteiger partial charge in [0.15, 0.2) is 5.15 Å². The Labute approximate surface area is 107 Å². The van der Waals surface area contributed by atoms with Gasteiger partial charge in [-0.1, -0.05) is 41.9 Å². The predicted molar refractivity (Wildman–Crippen MR) is 72.6 cm³/mol. The Balaban J connectivity index is 1.92. The summed E-state index contributed by atoms with van der Waals surface area (Å²) in [7, 11) is 0. The highest BCUT2D eigenvalue weighted by molar-refractivity contribution is 6.31. The monoisotopic (exact) mass is 246 g/mol. The van der Waals surface area contributed by atoms with Crippen LogP contribution in [-0.4, -0.2) is 11.5 Å². The maximum absolute atomic E-state index is 6.00. The highest BCUT2D eigenvalue weighted by Crippen LogP contribution is 2.19. The lowest BCUT2D eigenvalue weighted by Gasteiger charge is -2.08. The second kappa shape index (κ2) is 5.69. The maximum atomic E-state index is 6.00. The topological polar surface area (TPSA) is 24.9 Å². The molecule has 1 heterocycles. The molecule has 0 saturated heterocycles. The van der Waals surface area contributed by atoms with E-state index in [-0.39, 0.29) is 0 Å². The number of aryl methyl sites for hydroxylation is 1. The Bertz CT molecular complexity index is 483. The zero-order chi connectivity index (χ0) is 12.1. The first-order valence-corrected chi connectivity index (χ1v) is 6.03. The van der Waals surface area contributed by atoms with Crippen molar-refractivity contribution in [2.75, 3.05) is 11.9 Å². The number of rotatable bonds is 4. The molecule has 0 saturated carbocycles. The number of nitrogens with one attached hydrogen (secondary N) is 1. The number of hydrogen-bond donors (Lipinski definition) is 1. The van der Waals surface area contributed by atoms with Gasteiger partial charge in [-0.3, -0.25) is 0 Å². The van der Waals surface area contributed by atoms with E-state index in [1.807, 2.05) is 19.1 Å². The molecule has 88 valence electrons. The quantitative estimate of drug-likeness (QED) is 0.833. The molecule has 0 aliphatic heterocycles. The van der Waals surface area contributed by atoms with E-state index in [0.717, 1.165) is 24.2 Å². The lowest BCUT2D eigenvalue weighted by molar-refractivity contribution is 1.02. The highest BCUT2D eigenvalue weighted by atomic mass is 35.5. The maximum Gasteiger partial charge on any atom is 0.152 e. The standard InChI is InChI=1S/C14H15ClN2/c1-11-9-13(14(15)17-10-11)16-8-7-12-5-3-2-4-6-12/h2-6,9-10,16H,7-8H2,1H3. The molecular formula is C14H15ClN2. The molecule has 1 aromatic carbocycles. The average molecular weight is 247 g/mol. The summed E-state index contributed by atoms with van der Waals surface area (Å²) in [6.45, 7) is 2.86. The fourth-order valence-electron chi connectivity index (χ4n) is 1.66. The fraction of sp³-hybridized carbons (Fsp3) is 0.214. The Hall–Kier alpha value is -1.54. The van der Waals surface area contributed by atoms with Crippen LogP contribution in [0.5, 0.6) is 0 Å². The molecule has 2 rings (SSSR count). The van der Waals surface area contributed by atoms with Gasteiger partial charge in [0, 0.05) is 12.7 Å². The summed E-state index contributed by atoms with van der Waals surface area (Å²) in [5.74, 6) is 0. The number of benzene rings is 1. The third-order valence-corrected chi connectivity index (χ3v) is 2.85. The van der Waals surface area contributed by atoms with Crippen molar-refractivity contribution in [2.45, 2.75) is 13.3 Å². The van der Waals surface area contributed by atoms with Crippen LogP contribution in [0, 0.1) is 6.92 Å². The largest absolute Gasteiger partial charge is 0.382 e. The predicted octanol–water partition coefficient (Wildman–Crippen LogP) is 3.70. The van der Waals surface area contributed by atoms with E-state index >= 15 is 0 Å². The summed E-state index contributed by atoms with van der Waals surface area (Å²) >= 11 is 6.00. The van der Waals surface area contributed by atoms with Gasteiger partial charge in [-0.15, -0.1) is 0 Å². The summed E-state index contributed by atoms with van der Waals surface area (Å²) in [6.07, 6.45) is 2.75. The number of halogens is 1. The number of nitrogens with zero attached hydrogens (tertiary/aromatic N) is 1.